The molecule has 108 valence electrons. The summed E-state index contributed by atoms with van der Waals surface area (Å²) in [5.74, 6) is 0. The van der Waals surface area contributed by atoms with Crippen LogP contribution in [0.2, 0.25) is 0 Å². The number of aromatic nitrogens is 3. The highest BCUT2D eigenvalue weighted by molar-refractivity contribution is 5.67. The molecule has 0 spiro atoms. The zero-order valence-electron chi connectivity index (χ0n) is 11.7. The van der Waals surface area contributed by atoms with E-state index in [0.29, 0.717) is 11.6 Å². The van der Waals surface area contributed by atoms with E-state index in [1.165, 1.54) is 0 Å². The first-order chi connectivity index (χ1) is 10.8. The fourth-order valence-corrected chi connectivity index (χ4v) is 2.47. The van der Waals surface area contributed by atoms with Crippen molar-refractivity contribution in [2.75, 3.05) is 18.5 Å². The van der Waals surface area contributed by atoms with Gasteiger partial charge in [0.05, 0.1) is 47.9 Å². The number of anilines is 1. The average molecular weight is 291 g/mol. The van der Waals surface area contributed by atoms with Gasteiger partial charge in [0.25, 0.3) is 0 Å². The van der Waals surface area contributed by atoms with Crippen LogP contribution in [0.1, 0.15) is 5.56 Å². The van der Waals surface area contributed by atoms with E-state index in [2.05, 4.69) is 21.5 Å². The molecule has 1 fully saturated rings. The van der Waals surface area contributed by atoms with Crippen LogP contribution in [0.4, 0.5) is 5.69 Å². The molecule has 0 atom stereocenters. The normalized spacial score (nSPS) is 14.5. The second-order valence-corrected chi connectivity index (χ2v) is 5.22. The maximum atomic E-state index is 8.94. The molecule has 3 aromatic rings. The smallest absolute Gasteiger partial charge is 0.101 e. The van der Waals surface area contributed by atoms with Gasteiger partial charge in [0.2, 0.25) is 0 Å². The molecule has 0 unspecified atom stereocenters. The molecule has 0 bridgehead atoms. The molecule has 4 rings (SSSR count). The van der Waals surface area contributed by atoms with E-state index in [4.69, 9.17) is 10.00 Å². The van der Waals surface area contributed by atoms with Crippen LogP contribution in [-0.4, -0.2) is 33.9 Å². The molecule has 1 aliphatic heterocycles. The molecule has 0 amide bonds. The molecular weight excluding hydrogens is 278 g/mol. The van der Waals surface area contributed by atoms with Gasteiger partial charge in [0, 0.05) is 11.9 Å². The molecule has 0 saturated carbocycles. The van der Waals surface area contributed by atoms with E-state index in [-0.39, 0.29) is 0 Å². The van der Waals surface area contributed by atoms with E-state index in [9.17, 15) is 0 Å². The molecule has 6 nitrogen and oxygen atoms in total. The van der Waals surface area contributed by atoms with Crippen LogP contribution >= 0.6 is 0 Å². The first kappa shape index (κ1) is 12.8. The Kier molecular flexibility index (Phi) is 2.99. The molecule has 22 heavy (non-hydrogen) atoms. The highest BCUT2D eigenvalue weighted by Crippen LogP contribution is 2.23. The van der Waals surface area contributed by atoms with Crippen LogP contribution < -0.4 is 5.32 Å². The van der Waals surface area contributed by atoms with E-state index in [1.807, 2.05) is 30.3 Å². The number of nitrogens with zero attached hydrogens (tertiary/aromatic N) is 4. The van der Waals surface area contributed by atoms with Gasteiger partial charge in [-0.25, -0.2) is 4.52 Å². The summed E-state index contributed by atoms with van der Waals surface area (Å²) >= 11 is 0. The van der Waals surface area contributed by atoms with E-state index in [0.717, 1.165) is 35.8 Å². The highest BCUT2D eigenvalue weighted by atomic mass is 16.5. The summed E-state index contributed by atoms with van der Waals surface area (Å²) in [4.78, 5) is 4.43. The van der Waals surface area contributed by atoms with Crippen LogP contribution in [0.3, 0.4) is 0 Å². The van der Waals surface area contributed by atoms with Crippen molar-refractivity contribution < 1.29 is 4.74 Å². The van der Waals surface area contributed by atoms with Crippen LogP contribution in [-0.2, 0) is 4.74 Å². The Bertz CT molecular complexity index is 876. The third kappa shape index (κ3) is 2.18. The quantitative estimate of drug-likeness (QED) is 0.799. The molecular formula is C16H13N5O. The van der Waals surface area contributed by atoms with Crippen molar-refractivity contribution in [1.29, 1.82) is 5.26 Å². The molecule has 0 radical (unpaired) electrons. The van der Waals surface area contributed by atoms with E-state index >= 15 is 0 Å². The third-order valence-corrected chi connectivity index (χ3v) is 3.66. The Balaban J connectivity index is 1.72. The number of nitrogens with one attached hydrogen (secondary N) is 1. The molecule has 4 heterocycles. The van der Waals surface area contributed by atoms with Crippen LogP contribution in [0.15, 0.2) is 42.7 Å². The summed E-state index contributed by atoms with van der Waals surface area (Å²) in [6.07, 6.45) is 3.34. The fourth-order valence-electron chi connectivity index (χ4n) is 2.47. The minimum absolute atomic E-state index is 0.371. The van der Waals surface area contributed by atoms with Gasteiger partial charge in [-0.2, -0.15) is 10.4 Å². The number of fused-ring (bicyclic) bond motifs is 1. The topological polar surface area (TPSA) is 75.2 Å². The van der Waals surface area contributed by atoms with Gasteiger partial charge < -0.3 is 10.1 Å². The molecule has 0 aromatic carbocycles. The summed E-state index contributed by atoms with van der Waals surface area (Å²) < 4.78 is 6.96. The summed E-state index contributed by atoms with van der Waals surface area (Å²) in [5, 5.41) is 16.7. The molecule has 1 N–H and O–H groups in total. The highest BCUT2D eigenvalue weighted by Gasteiger charge is 2.18. The average Bonchev–Trinajstić information content (AvgIpc) is 2.94. The minimum Gasteiger partial charge on any atom is -0.378 e. The standard InChI is InChI=1S/C16H13N5O/c17-7-11-5-14-1-2-16(21(14)19-8-11)15-6-12(3-4-18-15)20-13-9-22-10-13/h1-6,8,13H,9-10H2,(H,18,20). The number of hydrogen-bond acceptors (Lipinski definition) is 5. The lowest BCUT2D eigenvalue weighted by atomic mass is 10.2. The summed E-state index contributed by atoms with van der Waals surface area (Å²) in [6.45, 7) is 1.48. The Morgan fingerprint density at radius 2 is 2.18 bits per heavy atom. The monoisotopic (exact) mass is 291 g/mol. The Hall–Kier alpha value is -2.91. The SMILES string of the molecule is N#Cc1cnn2c(-c3cc(NC4COC4)ccn3)ccc2c1. The zero-order valence-corrected chi connectivity index (χ0v) is 11.7. The number of nitriles is 1. The zero-order chi connectivity index (χ0) is 14.9. The third-order valence-electron chi connectivity index (χ3n) is 3.66. The molecule has 6 heteroatoms. The summed E-state index contributed by atoms with van der Waals surface area (Å²) in [6, 6.07) is 12.1. The Morgan fingerprint density at radius 3 is 2.95 bits per heavy atom. The van der Waals surface area contributed by atoms with Gasteiger partial charge in [-0.05, 0) is 30.3 Å². The molecule has 1 saturated heterocycles. The van der Waals surface area contributed by atoms with Crippen LogP contribution in [0.5, 0.6) is 0 Å². The van der Waals surface area contributed by atoms with Crippen molar-refractivity contribution in [2.45, 2.75) is 6.04 Å². The maximum Gasteiger partial charge on any atom is 0.101 e. The van der Waals surface area contributed by atoms with Crippen molar-refractivity contribution in [3.8, 4) is 17.5 Å². The minimum atomic E-state index is 0.371. The van der Waals surface area contributed by atoms with Gasteiger partial charge in [-0.3, -0.25) is 4.98 Å². The number of ether oxygens (including phenoxy) is 1. The van der Waals surface area contributed by atoms with Crippen molar-refractivity contribution in [3.05, 3.63) is 48.3 Å². The summed E-state index contributed by atoms with van der Waals surface area (Å²) in [7, 11) is 0. The Morgan fingerprint density at radius 1 is 1.27 bits per heavy atom. The van der Waals surface area contributed by atoms with E-state index in [1.54, 1.807) is 16.9 Å². The van der Waals surface area contributed by atoms with Gasteiger partial charge in [-0.1, -0.05) is 0 Å². The van der Waals surface area contributed by atoms with Gasteiger partial charge in [-0.15, -0.1) is 0 Å². The lowest BCUT2D eigenvalue weighted by Gasteiger charge is -2.27. The van der Waals surface area contributed by atoms with Gasteiger partial charge in [0.1, 0.15) is 6.07 Å². The Labute approximate surface area is 127 Å². The first-order valence-electron chi connectivity index (χ1n) is 7.02. The van der Waals surface area contributed by atoms with Gasteiger partial charge in [0.15, 0.2) is 0 Å². The van der Waals surface area contributed by atoms with Crippen molar-refractivity contribution in [2.24, 2.45) is 0 Å². The van der Waals surface area contributed by atoms with Gasteiger partial charge >= 0.3 is 0 Å². The lowest BCUT2D eigenvalue weighted by Crippen LogP contribution is -2.40. The molecule has 3 aromatic heterocycles. The number of hydrogen-bond donors (Lipinski definition) is 1. The second-order valence-electron chi connectivity index (χ2n) is 5.22. The predicted molar refractivity (Wildman–Crippen MR) is 81.4 cm³/mol. The number of rotatable bonds is 3. The van der Waals surface area contributed by atoms with Crippen molar-refractivity contribution in [1.82, 2.24) is 14.6 Å². The molecule has 1 aliphatic rings. The largest absolute Gasteiger partial charge is 0.378 e. The van der Waals surface area contributed by atoms with Crippen LogP contribution in [0, 0.1) is 11.3 Å². The number of pyridine rings is 1. The van der Waals surface area contributed by atoms with Crippen LogP contribution in [0.25, 0.3) is 16.9 Å². The maximum absolute atomic E-state index is 8.94. The second kappa shape index (κ2) is 5.13. The lowest BCUT2D eigenvalue weighted by molar-refractivity contribution is 0.0211. The molecule has 0 aliphatic carbocycles. The van der Waals surface area contributed by atoms with Crippen molar-refractivity contribution in [3.63, 3.8) is 0 Å². The van der Waals surface area contributed by atoms with E-state index < -0.39 is 0 Å². The van der Waals surface area contributed by atoms with Crippen molar-refractivity contribution >= 4 is 11.2 Å². The first-order valence-corrected chi connectivity index (χ1v) is 7.02. The summed E-state index contributed by atoms with van der Waals surface area (Å²) in [5.41, 5.74) is 4.17. The predicted octanol–water partition coefficient (Wildman–Crippen LogP) is 2.08. The fraction of sp³-hybridized carbons (Fsp3) is 0.188.